The second-order valence-electron chi connectivity index (χ2n) is 6.50. The summed E-state index contributed by atoms with van der Waals surface area (Å²) in [6.45, 7) is 5.26. The van der Waals surface area contributed by atoms with E-state index in [-0.39, 0.29) is 0 Å². The van der Waals surface area contributed by atoms with Gasteiger partial charge in [0.15, 0.2) is 0 Å². The Balaban J connectivity index is 1.80. The first-order chi connectivity index (χ1) is 12.0. The smallest absolute Gasteiger partial charge is 0.407 e. The van der Waals surface area contributed by atoms with E-state index in [1.54, 1.807) is 6.20 Å². The maximum Gasteiger partial charge on any atom is 0.407 e. The average molecular weight is 362 g/mol. The number of pyridine rings is 2. The highest BCUT2D eigenvalue weighted by atomic mass is 35.5. The van der Waals surface area contributed by atoms with Crippen LogP contribution in [0, 0.1) is 6.92 Å². The fraction of sp³-hybridized carbons (Fsp3) is 0.389. The number of hydrogen-bond donors (Lipinski definition) is 1. The molecule has 2 aromatic heterocycles. The van der Waals surface area contributed by atoms with Crippen LogP contribution < -0.4 is 4.48 Å². The predicted octanol–water partition coefficient (Wildman–Crippen LogP) is 2.98. The van der Waals surface area contributed by atoms with E-state index in [4.69, 9.17) is 11.6 Å². The van der Waals surface area contributed by atoms with Crippen LogP contribution in [0.5, 0.6) is 0 Å². The molecule has 0 radical (unpaired) electrons. The van der Waals surface area contributed by atoms with Crippen LogP contribution >= 0.6 is 11.6 Å². The molecule has 1 amide bonds. The van der Waals surface area contributed by atoms with Crippen molar-refractivity contribution in [1.29, 1.82) is 0 Å². The summed E-state index contributed by atoms with van der Waals surface area (Å²) in [5.41, 5.74) is 2.18. The first kappa shape index (κ1) is 17.6. The molecule has 0 saturated carbocycles. The van der Waals surface area contributed by atoms with Crippen molar-refractivity contribution in [2.24, 2.45) is 0 Å². The highest BCUT2D eigenvalue weighted by Crippen LogP contribution is 2.25. The van der Waals surface area contributed by atoms with Gasteiger partial charge in [-0.1, -0.05) is 17.7 Å². The molecule has 3 rings (SSSR count). The second kappa shape index (κ2) is 7.37. The van der Waals surface area contributed by atoms with Gasteiger partial charge in [-0.2, -0.15) is 0 Å². The molecule has 1 N–H and O–H groups in total. The quantitative estimate of drug-likeness (QED) is 0.850. The van der Waals surface area contributed by atoms with Crippen molar-refractivity contribution in [2.45, 2.75) is 13.3 Å². The number of quaternary nitrogens is 1. The number of halogens is 1. The first-order valence-electron chi connectivity index (χ1n) is 8.36. The Morgan fingerprint density at radius 2 is 1.96 bits per heavy atom. The van der Waals surface area contributed by atoms with Crippen molar-refractivity contribution in [1.82, 2.24) is 19.4 Å². The number of nitrogens with zero attached hydrogens (tertiary/aromatic N) is 4. The normalized spacial score (nSPS) is 16.6. The largest absolute Gasteiger partial charge is 0.465 e. The molecule has 7 heteroatoms. The van der Waals surface area contributed by atoms with Crippen LogP contribution in [-0.2, 0) is 6.42 Å². The molecule has 1 saturated heterocycles. The highest BCUT2D eigenvalue weighted by Gasteiger charge is 2.37. The van der Waals surface area contributed by atoms with Gasteiger partial charge in [0.25, 0.3) is 0 Å². The third-order valence-electron chi connectivity index (χ3n) is 4.83. The van der Waals surface area contributed by atoms with Crippen LogP contribution in [0.25, 0.3) is 0 Å². The fourth-order valence-electron chi connectivity index (χ4n) is 3.23. The van der Waals surface area contributed by atoms with Gasteiger partial charge in [0, 0.05) is 24.4 Å². The minimum Gasteiger partial charge on any atom is -0.465 e. The summed E-state index contributed by atoms with van der Waals surface area (Å²) in [6, 6.07) is 7.91. The minimum atomic E-state index is -0.859. The first-order valence-corrected chi connectivity index (χ1v) is 8.74. The Morgan fingerprint density at radius 3 is 2.52 bits per heavy atom. The Morgan fingerprint density at radius 1 is 1.20 bits per heavy atom. The fourth-order valence-corrected chi connectivity index (χ4v) is 3.34. The molecule has 25 heavy (non-hydrogen) atoms. The molecule has 1 aliphatic heterocycles. The lowest BCUT2D eigenvalue weighted by Crippen LogP contribution is -2.62. The summed E-state index contributed by atoms with van der Waals surface area (Å²) in [7, 11) is 0. The SMILES string of the molecule is Cc1ccc(CC[N+]2(c3ccc(Cl)cn3)CCN(C(=O)O)CC2)nc1. The van der Waals surface area contributed by atoms with Crippen molar-refractivity contribution in [3.05, 3.63) is 52.9 Å². The van der Waals surface area contributed by atoms with Crippen LogP contribution in [0.1, 0.15) is 11.3 Å². The van der Waals surface area contributed by atoms with Gasteiger partial charge in [0.2, 0.25) is 5.82 Å². The molecule has 2 aromatic rings. The maximum atomic E-state index is 11.2. The number of carboxylic acid groups (broad SMARTS) is 1. The average Bonchev–Trinajstić information content (AvgIpc) is 2.62. The Hall–Kier alpha value is -2.18. The summed E-state index contributed by atoms with van der Waals surface area (Å²) in [5.74, 6) is 0.932. The second-order valence-corrected chi connectivity index (χ2v) is 6.93. The van der Waals surface area contributed by atoms with Gasteiger partial charge in [0.1, 0.15) is 13.1 Å². The molecule has 1 fully saturated rings. The van der Waals surface area contributed by atoms with Crippen molar-refractivity contribution in [3.63, 3.8) is 0 Å². The molecule has 132 valence electrons. The van der Waals surface area contributed by atoms with Gasteiger partial charge >= 0.3 is 6.09 Å². The Bertz CT molecular complexity index is 726. The lowest BCUT2D eigenvalue weighted by molar-refractivity contribution is 0.106. The number of aryl methyl sites for hydroxylation is 1. The monoisotopic (exact) mass is 361 g/mol. The lowest BCUT2D eigenvalue weighted by atomic mass is 10.1. The number of rotatable bonds is 4. The molecule has 0 atom stereocenters. The van der Waals surface area contributed by atoms with Crippen molar-refractivity contribution < 1.29 is 9.90 Å². The summed E-state index contributed by atoms with van der Waals surface area (Å²) in [4.78, 5) is 21.7. The maximum absolute atomic E-state index is 11.2. The van der Waals surface area contributed by atoms with Crippen molar-refractivity contribution in [2.75, 3.05) is 32.7 Å². The van der Waals surface area contributed by atoms with Gasteiger partial charge in [-0.15, -0.1) is 0 Å². The zero-order valence-corrected chi connectivity index (χ0v) is 15.0. The lowest BCUT2D eigenvalue weighted by Gasteiger charge is -2.42. The summed E-state index contributed by atoms with van der Waals surface area (Å²) in [6.07, 6.45) is 3.49. The van der Waals surface area contributed by atoms with Crippen LogP contribution in [0.2, 0.25) is 5.02 Å². The Kier molecular flexibility index (Phi) is 5.20. The van der Waals surface area contributed by atoms with Crippen molar-refractivity contribution >= 4 is 23.5 Å². The van der Waals surface area contributed by atoms with E-state index in [1.807, 2.05) is 25.3 Å². The molecular weight excluding hydrogens is 340 g/mol. The van der Waals surface area contributed by atoms with E-state index in [0.717, 1.165) is 30.0 Å². The van der Waals surface area contributed by atoms with Gasteiger partial charge < -0.3 is 5.11 Å². The zero-order valence-electron chi connectivity index (χ0n) is 14.2. The molecular formula is C18H22ClN4O2+. The van der Waals surface area contributed by atoms with E-state index >= 15 is 0 Å². The minimum absolute atomic E-state index is 0.501. The third-order valence-corrected chi connectivity index (χ3v) is 5.06. The topological polar surface area (TPSA) is 66.3 Å². The molecule has 0 spiro atoms. The van der Waals surface area contributed by atoms with Gasteiger partial charge in [-0.3, -0.25) is 14.4 Å². The van der Waals surface area contributed by atoms with Crippen LogP contribution in [0.15, 0.2) is 36.7 Å². The molecule has 0 aromatic carbocycles. The van der Waals surface area contributed by atoms with Crippen LogP contribution in [-0.4, -0.2) is 58.8 Å². The van der Waals surface area contributed by atoms with E-state index in [2.05, 4.69) is 22.1 Å². The van der Waals surface area contributed by atoms with Gasteiger partial charge in [-0.05, 0) is 24.6 Å². The van der Waals surface area contributed by atoms with Crippen molar-refractivity contribution in [3.8, 4) is 0 Å². The standard InChI is InChI=1S/C18H21ClN4O2/c1-14-2-4-16(20-12-14)6-9-23(17-5-3-15(19)13-21-17)10-7-22(8-11-23)18(24)25/h2-5,12-13H,6-11H2,1H3/p+1. The van der Waals surface area contributed by atoms with Gasteiger partial charge in [-0.25, -0.2) is 9.78 Å². The number of hydrogen-bond acceptors (Lipinski definition) is 3. The summed E-state index contributed by atoms with van der Waals surface area (Å²) >= 11 is 5.98. The van der Waals surface area contributed by atoms with Crippen LogP contribution in [0.4, 0.5) is 10.6 Å². The van der Waals surface area contributed by atoms with E-state index in [9.17, 15) is 9.90 Å². The molecule has 0 aliphatic carbocycles. The summed E-state index contributed by atoms with van der Waals surface area (Å²) in [5, 5.41) is 9.83. The van der Waals surface area contributed by atoms with E-state index in [0.29, 0.717) is 35.7 Å². The molecule has 1 aliphatic rings. The predicted molar refractivity (Wildman–Crippen MR) is 97.9 cm³/mol. The molecule has 3 heterocycles. The van der Waals surface area contributed by atoms with E-state index in [1.165, 1.54) is 4.90 Å². The zero-order chi connectivity index (χ0) is 17.9. The van der Waals surface area contributed by atoms with Gasteiger partial charge in [0.05, 0.1) is 30.9 Å². The highest BCUT2D eigenvalue weighted by molar-refractivity contribution is 6.30. The number of aromatic nitrogens is 2. The number of carbonyl (C=O) groups is 1. The Labute approximate surface area is 152 Å². The van der Waals surface area contributed by atoms with E-state index < -0.39 is 6.09 Å². The number of amides is 1. The molecule has 0 unspecified atom stereocenters. The third kappa shape index (κ3) is 4.08. The molecule has 0 bridgehead atoms. The summed E-state index contributed by atoms with van der Waals surface area (Å²) < 4.78 is 0.649. The number of piperazine rings is 1. The van der Waals surface area contributed by atoms with Crippen LogP contribution in [0.3, 0.4) is 0 Å². The molecule has 6 nitrogen and oxygen atoms in total.